The molecule has 1 aliphatic heterocycles. The number of urea groups is 1. The molecule has 0 aromatic heterocycles. The van der Waals surface area contributed by atoms with E-state index >= 15 is 0 Å². The van der Waals surface area contributed by atoms with Crippen LogP contribution < -0.4 is 20.4 Å². The molecule has 9 nitrogen and oxygen atoms in total. The van der Waals surface area contributed by atoms with Gasteiger partial charge < -0.3 is 15.4 Å². The van der Waals surface area contributed by atoms with Crippen LogP contribution in [0.25, 0.3) is 0 Å². The van der Waals surface area contributed by atoms with Gasteiger partial charge in [-0.15, -0.1) is 0 Å². The van der Waals surface area contributed by atoms with Crippen LogP contribution in [0.4, 0.5) is 27.5 Å². The van der Waals surface area contributed by atoms with E-state index in [-0.39, 0.29) is 0 Å². The number of nitrogens with one attached hydrogen (secondary N) is 2. The van der Waals surface area contributed by atoms with Crippen molar-refractivity contribution in [2.75, 3.05) is 28.8 Å². The zero-order chi connectivity index (χ0) is 24.1. The summed E-state index contributed by atoms with van der Waals surface area (Å²) in [6.45, 7) is -0.430. The van der Waals surface area contributed by atoms with Crippen molar-refractivity contribution in [3.8, 4) is 0 Å². The molecular weight excluding hydrogens is 436 g/mol. The Kier molecular flexibility index (Phi) is 6.54. The Balaban J connectivity index is 1.76. The largest absolute Gasteiger partial charge is 0.468 e. The molecule has 0 spiro atoms. The van der Waals surface area contributed by atoms with Gasteiger partial charge >= 0.3 is 12.0 Å². The molecule has 0 aliphatic carbocycles. The second-order valence-corrected chi connectivity index (χ2v) is 7.40. The Labute approximate surface area is 195 Å². The van der Waals surface area contributed by atoms with Crippen molar-refractivity contribution < 1.29 is 23.9 Å². The first-order valence-electron chi connectivity index (χ1n) is 10.5. The summed E-state index contributed by atoms with van der Waals surface area (Å²) in [6.07, 6.45) is 0. The molecule has 172 valence electrons. The molecule has 3 aromatic rings. The summed E-state index contributed by atoms with van der Waals surface area (Å²) >= 11 is 0. The second kappa shape index (κ2) is 9.86. The van der Waals surface area contributed by atoms with Gasteiger partial charge in [-0.3, -0.25) is 24.2 Å². The fourth-order valence-electron chi connectivity index (χ4n) is 3.65. The van der Waals surface area contributed by atoms with E-state index in [1.807, 2.05) is 0 Å². The summed E-state index contributed by atoms with van der Waals surface area (Å²) in [5, 5.41) is 5.09. The number of fused-ring (bicyclic) bond motifs is 1. The predicted molar refractivity (Wildman–Crippen MR) is 127 cm³/mol. The fourth-order valence-corrected chi connectivity index (χ4v) is 3.65. The van der Waals surface area contributed by atoms with Crippen LogP contribution in [0.3, 0.4) is 0 Å². The number of hydrogen-bond donors (Lipinski definition) is 2. The van der Waals surface area contributed by atoms with Gasteiger partial charge in [0.1, 0.15) is 6.54 Å². The van der Waals surface area contributed by atoms with Crippen LogP contribution in [-0.4, -0.2) is 43.5 Å². The Morgan fingerprint density at radius 2 is 1.41 bits per heavy atom. The van der Waals surface area contributed by atoms with Gasteiger partial charge in [-0.05, 0) is 36.4 Å². The SMILES string of the molecule is COC(=O)CN1C(=O)C(NC(=O)Nc2ccccc2)C(=O)N(c2ccccc2)c2ccccc21. The lowest BCUT2D eigenvalue weighted by Gasteiger charge is -2.25. The first-order chi connectivity index (χ1) is 16.5. The number of methoxy groups -OCH3 is 1. The monoisotopic (exact) mass is 458 g/mol. The average Bonchev–Trinajstić information content (AvgIpc) is 2.94. The highest BCUT2D eigenvalue weighted by Crippen LogP contribution is 2.37. The number of carbonyl (C=O) groups is 4. The Morgan fingerprint density at radius 1 is 0.824 bits per heavy atom. The quantitative estimate of drug-likeness (QED) is 0.451. The number of ether oxygens (including phenoxy) is 1. The van der Waals surface area contributed by atoms with Crippen LogP contribution in [0.5, 0.6) is 0 Å². The average molecular weight is 458 g/mol. The molecule has 1 atom stereocenters. The van der Waals surface area contributed by atoms with E-state index < -0.39 is 36.4 Å². The molecule has 34 heavy (non-hydrogen) atoms. The Hall–Kier alpha value is -4.66. The van der Waals surface area contributed by atoms with Gasteiger partial charge in [-0.25, -0.2) is 4.79 Å². The minimum absolute atomic E-state index is 0.336. The summed E-state index contributed by atoms with van der Waals surface area (Å²) in [5.41, 5.74) is 1.72. The number of para-hydroxylation sites is 4. The third-order valence-corrected chi connectivity index (χ3v) is 5.23. The summed E-state index contributed by atoms with van der Waals surface area (Å²) < 4.78 is 4.76. The number of anilines is 4. The molecular formula is C25H22N4O5. The highest BCUT2D eigenvalue weighted by molar-refractivity contribution is 6.24. The predicted octanol–water partition coefficient (Wildman–Crippen LogP) is 3.06. The standard InChI is InChI=1S/C25H22N4O5/c1-34-21(30)16-28-19-14-8-9-15-20(19)29(18-12-6-3-7-13-18)24(32)22(23(28)31)27-25(33)26-17-10-4-2-5-11-17/h2-15,22H,16H2,1H3,(H2,26,27,33). The van der Waals surface area contributed by atoms with Gasteiger partial charge in [0, 0.05) is 11.4 Å². The van der Waals surface area contributed by atoms with E-state index in [9.17, 15) is 19.2 Å². The van der Waals surface area contributed by atoms with E-state index in [1.54, 1.807) is 84.9 Å². The lowest BCUT2D eigenvalue weighted by molar-refractivity contribution is -0.140. The van der Waals surface area contributed by atoms with Gasteiger partial charge in [0.25, 0.3) is 11.8 Å². The van der Waals surface area contributed by atoms with E-state index in [0.29, 0.717) is 22.7 Å². The summed E-state index contributed by atoms with van der Waals surface area (Å²) in [7, 11) is 1.21. The number of benzene rings is 3. The van der Waals surface area contributed by atoms with Gasteiger partial charge in [0.2, 0.25) is 0 Å². The lowest BCUT2D eigenvalue weighted by atomic mass is 10.2. The Morgan fingerprint density at radius 3 is 2.06 bits per heavy atom. The summed E-state index contributed by atoms with van der Waals surface area (Å²) in [6, 6.07) is 21.8. The molecule has 0 saturated carbocycles. The third kappa shape index (κ3) is 4.58. The van der Waals surface area contributed by atoms with Gasteiger partial charge in [-0.1, -0.05) is 48.5 Å². The van der Waals surface area contributed by atoms with Crippen molar-refractivity contribution >= 4 is 46.6 Å². The molecule has 0 radical (unpaired) electrons. The molecule has 9 heteroatoms. The van der Waals surface area contributed by atoms with Crippen molar-refractivity contribution in [3.05, 3.63) is 84.9 Å². The molecule has 4 rings (SSSR count). The van der Waals surface area contributed by atoms with Gasteiger partial charge in [-0.2, -0.15) is 0 Å². The van der Waals surface area contributed by atoms with Crippen molar-refractivity contribution in [3.63, 3.8) is 0 Å². The number of nitrogens with zero attached hydrogens (tertiary/aromatic N) is 2. The highest BCUT2D eigenvalue weighted by Gasteiger charge is 2.42. The van der Waals surface area contributed by atoms with Crippen molar-refractivity contribution in [2.45, 2.75) is 6.04 Å². The number of rotatable bonds is 5. The minimum Gasteiger partial charge on any atom is -0.468 e. The van der Waals surface area contributed by atoms with Crippen molar-refractivity contribution in [2.24, 2.45) is 0 Å². The summed E-state index contributed by atoms with van der Waals surface area (Å²) in [5.74, 6) is -2.10. The fraction of sp³-hybridized carbons (Fsp3) is 0.120. The van der Waals surface area contributed by atoms with Crippen LogP contribution in [0.15, 0.2) is 84.9 Å². The second-order valence-electron chi connectivity index (χ2n) is 7.40. The number of amides is 4. The molecule has 0 bridgehead atoms. The van der Waals surface area contributed by atoms with Crippen LogP contribution in [0, 0.1) is 0 Å². The van der Waals surface area contributed by atoms with Crippen molar-refractivity contribution in [1.29, 1.82) is 0 Å². The summed E-state index contributed by atoms with van der Waals surface area (Å²) in [4.78, 5) is 54.7. The van der Waals surface area contributed by atoms with E-state index in [2.05, 4.69) is 10.6 Å². The topological polar surface area (TPSA) is 108 Å². The molecule has 2 N–H and O–H groups in total. The maximum absolute atomic E-state index is 13.7. The van der Waals surface area contributed by atoms with E-state index in [0.717, 1.165) is 4.90 Å². The van der Waals surface area contributed by atoms with Crippen LogP contribution >= 0.6 is 0 Å². The normalized spacial score (nSPS) is 15.3. The van der Waals surface area contributed by atoms with Gasteiger partial charge in [0.15, 0.2) is 6.04 Å². The van der Waals surface area contributed by atoms with Crippen LogP contribution in [-0.2, 0) is 19.1 Å². The zero-order valence-corrected chi connectivity index (χ0v) is 18.3. The van der Waals surface area contributed by atoms with Gasteiger partial charge in [0.05, 0.1) is 18.5 Å². The number of hydrogen-bond acceptors (Lipinski definition) is 5. The van der Waals surface area contributed by atoms with E-state index in [4.69, 9.17) is 4.74 Å². The smallest absolute Gasteiger partial charge is 0.325 e. The molecule has 0 saturated heterocycles. The molecule has 1 heterocycles. The number of esters is 1. The molecule has 0 fully saturated rings. The first-order valence-corrected chi connectivity index (χ1v) is 10.5. The first kappa shape index (κ1) is 22.5. The third-order valence-electron chi connectivity index (χ3n) is 5.23. The molecule has 1 unspecified atom stereocenters. The van der Waals surface area contributed by atoms with Crippen LogP contribution in [0.2, 0.25) is 0 Å². The minimum atomic E-state index is -1.60. The number of carbonyl (C=O) groups excluding carboxylic acids is 4. The maximum atomic E-state index is 13.7. The molecule has 1 aliphatic rings. The zero-order valence-electron chi connectivity index (χ0n) is 18.3. The van der Waals surface area contributed by atoms with Crippen LogP contribution in [0.1, 0.15) is 0 Å². The van der Waals surface area contributed by atoms with E-state index in [1.165, 1.54) is 12.0 Å². The molecule has 3 aromatic carbocycles. The highest BCUT2D eigenvalue weighted by atomic mass is 16.5. The Bertz CT molecular complexity index is 1220. The maximum Gasteiger partial charge on any atom is 0.325 e. The van der Waals surface area contributed by atoms with Crippen molar-refractivity contribution in [1.82, 2.24) is 5.32 Å². The lowest BCUT2D eigenvalue weighted by Crippen LogP contribution is -2.56. The molecule has 4 amide bonds.